The molecule has 6 heteroatoms. The number of hydrogen-bond acceptors (Lipinski definition) is 4. The fourth-order valence-corrected chi connectivity index (χ4v) is 3.45. The van der Waals surface area contributed by atoms with Crippen LogP contribution in [0.25, 0.3) is 0 Å². The van der Waals surface area contributed by atoms with Crippen LogP contribution in [0.15, 0.2) is 67.0 Å². The molecular formula is C24H17ClN2O3. The van der Waals surface area contributed by atoms with Crippen molar-refractivity contribution in [3.05, 3.63) is 88.7 Å². The van der Waals surface area contributed by atoms with Crippen LogP contribution < -0.4 is 10.1 Å². The van der Waals surface area contributed by atoms with Crippen LogP contribution in [-0.4, -0.2) is 16.7 Å². The first-order valence-electron chi connectivity index (χ1n) is 9.38. The van der Waals surface area contributed by atoms with Crippen molar-refractivity contribution >= 4 is 23.3 Å². The second-order valence-electron chi connectivity index (χ2n) is 6.80. The Labute approximate surface area is 179 Å². The topological polar surface area (TPSA) is 68.3 Å². The molecule has 0 aliphatic carbocycles. The summed E-state index contributed by atoms with van der Waals surface area (Å²) in [5, 5.41) is 3.18. The Hall–Kier alpha value is -3.62. The number of amides is 1. The Balaban J connectivity index is 1.55. The average Bonchev–Trinajstić information content (AvgIpc) is 2.93. The van der Waals surface area contributed by atoms with Crippen LogP contribution in [0.3, 0.4) is 0 Å². The third-order valence-electron chi connectivity index (χ3n) is 4.78. The lowest BCUT2D eigenvalue weighted by Crippen LogP contribution is -2.21. The van der Waals surface area contributed by atoms with E-state index in [4.69, 9.17) is 16.3 Å². The fraction of sp³-hybridized carbons (Fsp3) is 0.125. The van der Waals surface area contributed by atoms with E-state index in [0.29, 0.717) is 35.1 Å². The minimum Gasteiger partial charge on any atom is -0.457 e. The lowest BCUT2D eigenvalue weighted by molar-refractivity contribution is -0.117. The molecule has 0 radical (unpaired) electrons. The molecule has 1 amide bonds. The maximum absolute atomic E-state index is 13.0. The second kappa shape index (κ2) is 8.81. The lowest BCUT2D eigenvalue weighted by Gasteiger charge is -2.13. The molecule has 4 rings (SSSR count). The van der Waals surface area contributed by atoms with Gasteiger partial charge >= 0.3 is 0 Å². The molecule has 1 aromatic heterocycles. The molecule has 1 unspecified atom stereocenters. The van der Waals surface area contributed by atoms with Gasteiger partial charge in [-0.2, -0.15) is 0 Å². The van der Waals surface area contributed by atoms with Gasteiger partial charge in [-0.15, -0.1) is 0 Å². The molecule has 30 heavy (non-hydrogen) atoms. The summed E-state index contributed by atoms with van der Waals surface area (Å²) in [5.41, 5.74) is 2.45. The maximum atomic E-state index is 13.0. The number of pyridine rings is 1. The number of fused-ring (bicyclic) bond motifs is 2. The van der Waals surface area contributed by atoms with Crippen LogP contribution in [0, 0.1) is 11.8 Å². The number of Topliss-reactive ketones (excluding diaryl/α,β-unsaturated/α-hetero) is 1. The van der Waals surface area contributed by atoms with Gasteiger partial charge in [0.1, 0.15) is 11.5 Å². The summed E-state index contributed by atoms with van der Waals surface area (Å²) in [4.78, 5) is 29.0. The van der Waals surface area contributed by atoms with Gasteiger partial charge in [0.25, 0.3) is 5.91 Å². The summed E-state index contributed by atoms with van der Waals surface area (Å²) >= 11 is 6.17. The van der Waals surface area contributed by atoms with E-state index >= 15 is 0 Å². The Morgan fingerprint density at radius 3 is 2.70 bits per heavy atom. The highest BCUT2D eigenvalue weighted by Crippen LogP contribution is 2.40. The molecule has 0 spiro atoms. The number of carbonyl (C=O) groups excluding carboxylic acids is 2. The van der Waals surface area contributed by atoms with Gasteiger partial charge in [0.15, 0.2) is 0 Å². The number of ether oxygens (including phenoxy) is 1. The third-order valence-corrected chi connectivity index (χ3v) is 5.02. The molecule has 2 aromatic carbocycles. The number of halogens is 1. The molecule has 0 fully saturated rings. The van der Waals surface area contributed by atoms with E-state index in [0.717, 1.165) is 11.1 Å². The monoisotopic (exact) mass is 416 g/mol. The largest absolute Gasteiger partial charge is 0.457 e. The highest BCUT2D eigenvalue weighted by Gasteiger charge is 2.28. The third kappa shape index (κ3) is 4.51. The molecule has 1 aliphatic rings. The zero-order valence-electron chi connectivity index (χ0n) is 15.9. The highest BCUT2D eigenvalue weighted by atomic mass is 35.5. The summed E-state index contributed by atoms with van der Waals surface area (Å²) < 4.78 is 6.01. The van der Waals surface area contributed by atoms with Crippen LogP contribution in [0.1, 0.15) is 22.6 Å². The number of hydrogen-bond donors (Lipinski definition) is 1. The molecule has 1 aliphatic heterocycles. The first-order chi connectivity index (χ1) is 14.6. The summed E-state index contributed by atoms with van der Waals surface area (Å²) in [6, 6.07) is 16.3. The van der Waals surface area contributed by atoms with Crippen LogP contribution in [0.4, 0.5) is 0 Å². The van der Waals surface area contributed by atoms with Crippen molar-refractivity contribution in [3.63, 3.8) is 0 Å². The molecule has 5 nitrogen and oxygen atoms in total. The van der Waals surface area contributed by atoms with Gasteiger partial charge in [-0.25, -0.2) is 0 Å². The predicted molar refractivity (Wildman–Crippen MR) is 113 cm³/mol. The van der Waals surface area contributed by atoms with Crippen LogP contribution in [0.2, 0.25) is 5.02 Å². The smallest absolute Gasteiger partial charge is 0.296 e. The van der Waals surface area contributed by atoms with Crippen molar-refractivity contribution in [2.75, 3.05) is 0 Å². The summed E-state index contributed by atoms with van der Waals surface area (Å²) in [6.45, 7) is 0.313. The standard InChI is InChI=1S/C24H17ClN2O3/c25-18-5-7-23-20(14-18)19(13-17-3-1-2-4-22(17)30-23)21(28)6-8-24(29)27-15-16-9-11-26-12-10-16/h1-5,7,9-12,14,19H,13,15H2,(H,27,29). The summed E-state index contributed by atoms with van der Waals surface area (Å²) in [5.74, 6) is 4.69. The summed E-state index contributed by atoms with van der Waals surface area (Å²) in [6.07, 6.45) is 3.70. The molecular weight excluding hydrogens is 400 g/mol. The lowest BCUT2D eigenvalue weighted by atomic mass is 9.88. The molecule has 1 N–H and O–H groups in total. The Morgan fingerprint density at radius 2 is 1.87 bits per heavy atom. The SMILES string of the molecule is O=C(C#CC(=O)C1Cc2ccccc2Oc2ccc(Cl)cc21)NCc1ccncc1. The molecule has 0 bridgehead atoms. The predicted octanol–water partition coefficient (Wildman–Crippen LogP) is 4.06. The number of aromatic nitrogens is 1. The van der Waals surface area contributed by atoms with Crippen LogP contribution in [-0.2, 0) is 22.6 Å². The van der Waals surface area contributed by atoms with Gasteiger partial charge < -0.3 is 10.1 Å². The Bertz CT molecular complexity index is 1170. The van der Waals surface area contributed by atoms with Gasteiger partial charge in [0, 0.05) is 35.4 Å². The number of nitrogens with zero attached hydrogens (tertiary/aromatic N) is 1. The first kappa shape index (κ1) is 19.7. The molecule has 0 saturated carbocycles. The van der Waals surface area contributed by atoms with Gasteiger partial charge in [0.05, 0.1) is 5.92 Å². The fourth-order valence-electron chi connectivity index (χ4n) is 3.27. The van der Waals surface area contributed by atoms with E-state index in [1.807, 2.05) is 24.3 Å². The number of carbonyl (C=O) groups is 2. The van der Waals surface area contributed by atoms with Crippen molar-refractivity contribution in [2.24, 2.45) is 0 Å². The second-order valence-corrected chi connectivity index (χ2v) is 7.24. The summed E-state index contributed by atoms with van der Waals surface area (Å²) in [7, 11) is 0. The number of nitrogens with one attached hydrogen (secondary N) is 1. The van der Waals surface area contributed by atoms with Crippen LogP contribution in [0.5, 0.6) is 11.5 Å². The average molecular weight is 417 g/mol. The van der Waals surface area contributed by atoms with E-state index in [1.54, 1.807) is 42.7 Å². The zero-order chi connectivity index (χ0) is 20.9. The molecule has 1 atom stereocenters. The zero-order valence-corrected chi connectivity index (χ0v) is 16.6. The minimum atomic E-state index is -0.581. The minimum absolute atomic E-state index is 0.313. The van der Waals surface area contributed by atoms with Gasteiger partial charge in [-0.1, -0.05) is 29.8 Å². The maximum Gasteiger partial charge on any atom is 0.296 e. The van der Waals surface area contributed by atoms with E-state index in [2.05, 4.69) is 22.1 Å². The van der Waals surface area contributed by atoms with Gasteiger partial charge in [0.2, 0.25) is 5.78 Å². The van der Waals surface area contributed by atoms with E-state index < -0.39 is 11.8 Å². The van der Waals surface area contributed by atoms with Crippen molar-refractivity contribution in [2.45, 2.75) is 18.9 Å². The Kier molecular flexibility index (Phi) is 5.78. The quantitative estimate of drug-likeness (QED) is 0.516. The molecule has 2 heterocycles. The number of rotatable bonds is 3. The Morgan fingerprint density at radius 1 is 1.07 bits per heavy atom. The van der Waals surface area contributed by atoms with Crippen molar-refractivity contribution in [1.29, 1.82) is 0 Å². The van der Waals surface area contributed by atoms with Gasteiger partial charge in [-0.3, -0.25) is 14.6 Å². The number of ketones is 1. The van der Waals surface area contributed by atoms with Crippen LogP contribution >= 0.6 is 11.6 Å². The van der Waals surface area contributed by atoms with E-state index in [-0.39, 0.29) is 5.78 Å². The normalized spacial score (nSPS) is 14.1. The van der Waals surface area contributed by atoms with Crippen molar-refractivity contribution in [3.8, 4) is 23.3 Å². The number of para-hydroxylation sites is 1. The van der Waals surface area contributed by atoms with E-state index in [9.17, 15) is 9.59 Å². The van der Waals surface area contributed by atoms with E-state index in [1.165, 1.54) is 0 Å². The van der Waals surface area contributed by atoms with Crippen molar-refractivity contribution < 1.29 is 14.3 Å². The number of benzene rings is 2. The molecule has 148 valence electrons. The molecule has 0 saturated heterocycles. The highest BCUT2D eigenvalue weighted by molar-refractivity contribution is 6.30. The van der Waals surface area contributed by atoms with Gasteiger partial charge in [-0.05, 0) is 59.9 Å². The van der Waals surface area contributed by atoms with Crippen molar-refractivity contribution in [1.82, 2.24) is 10.3 Å². The molecule has 3 aromatic rings. The first-order valence-corrected chi connectivity index (χ1v) is 9.76.